The molecule has 1 saturated heterocycles. The Morgan fingerprint density at radius 3 is 2.15 bits per heavy atom. The van der Waals surface area contributed by atoms with Crippen molar-refractivity contribution in [3.8, 4) is 0 Å². The zero-order valence-electron chi connectivity index (χ0n) is 11.5. The maximum Gasteiger partial charge on any atom is 0.402 e. The van der Waals surface area contributed by atoms with Crippen molar-refractivity contribution in [2.45, 2.75) is 38.9 Å². The molecule has 1 heterocycles. The molecule has 4 nitrogen and oxygen atoms in total. The minimum absolute atomic E-state index is 0.223. The lowest BCUT2D eigenvalue weighted by Crippen LogP contribution is -2.52. The third-order valence-electron chi connectivity index (χ3n) is 3.33. The Labute approximate surface area is 123 Å². The van der Waals surface area contributed by atoms with Gasteiger partial charge in [-0.3, -0.25) is 0 Å². The van der Waals surface area contributed by atoms with Crippen LogP contribution >= 0.6 is 11.6 Å². The first-order chi connectivity index (χ1) is 9.08. The van der Waals surface area contributed by atoms with E-state index >= 15 is 0 Å². The van der Waals surface area contributed by atoms with E-state index in [9.17, 15) is 21.6 Å². The Balaban J connectivity index is 2.84. The van der Waals surface area contributed by atoms with E-state index in [1.165, 1.54) is 13.8 Å². The maximum absolute atomic E-state index is 12.5. The first kappa shape index (κ1) is 18.0. The lowest BCUT2D eigenvalue weighted by molar-refractivity contribution is -0.139. The Kier molecular flexibility index (Phi) is 6.13. The van der Waals surface area contributed by atoms with Crippen molar-refractivity contribution in [2.24, 2.45) is 5.92 Å². The highest BCUT2D eigenvalue weighted by molar-refractivity contribution is 7.86. The summed E-state index contributed by atoms with van der Waals surface area (Å²) < 4.78 is 63.9. The molecular weight excluding hydrogens is 317 g/mol. The van der Waals surface area contributed by atoms with Gasteiger partial charge in [0.05, 0.1) is 0 Å². The van der Waals surface area contributed by atoms with Crippen LogP contribution in [-0.4, -0.2) is 54.8 Å². The second kappa shape index (κ2) is 6.81. The summed E-state index contributed by atoms with van der Waals surface area (Å²) in [6, 6.07) is -0.743. The molecule has 0 amide bonds. The number of alkyl halides is 4. The molecule has 0 aromatic rings. The van der Waals surface area contributed by atoms with Crippen LogP contribution in [0.25, 0.3) is 0 Å². The second-order valence-corrected chi connectivity index (χ2v) is 7.45. The van der Waals surface area contributed by atoms with Gasteiger partial charge in [-0.25, -0.2) is 0 Å². The van der Waals surface area contributed by atoms with Crippen LogP contribution in [0.1, 0.15) is 26.7 Å². The van der Waals surface area contributed by atoms with Gasteiger partial charge in [0.25, 0.3) is 10.2 Å². The van der Waals surface area contributed by atoms with Crippen LogP contribution in [0.5, 0.6) is 0 Å². The minimum atomic E-state index is -4.55. The van der Waals surface area contributed by atoms with Crippen molar-refractivity contribution in [3.63, 3.8) is 0 Å². The van der Waals surface area contributed by atoms with Crippen LogP contribution in [0.3, 0.4) is 0 Å². The highest BCUT2D eigenvalue weighted by atomic mass is 35.5. The molecule has 20 heavy (non-hydrogen) atoms. The molecule has 1 rings (SSSR count). The van der Waals surface area contributed by atoms with Crippen molar-refractivity contribution in [3.05, 3.63) is 0 Å². The van der Waals surface area contributed by atoms with E-state index in [0.717, 1.165) is 4.31 Å². The van der Waals surface area contributed by atoms with Crippen LogP contribution in [0, 0.1) is 5.92 Å². The molecule has 0 aromatic heterocycles. The Morgan fingerprint density at radius 2 is 1.80 bits per heavy atom. The van der Waals surface area contributed by atoms with Crippen LogP contribution in [-0.2, 0) is 10.2 Å². The van der Waals surface area contributed by atoms with Gasteiger partial charge in [-0.05, 0) is 32.6 Å². The molecule has 120 valence electrons. The van der Waals surface area contributed by atoms with Gasteiger partial charge < -0.3 is 0 Å². The second-order valence-electron chi connectivity index (χ2n) is 5.26. The summed E-state index contributed by atoms with van der Waals surface area (Å²) in [7, 11) is -4.08. The number of rotatable bonds is 5. The van der Waals surface area contributed by atoms with Gasteiger partial charge in [0, 0.05) is 25.0 Å². The predicted octanol–water partition coefficient (Wildman–Crippen LogP) is 2.45. The molecule has 0 bridgehead atoms. The number of nitrogens with zero attached hydrogens (tertiary/aromatic N) is 2. The maximum atomic E-state index is 12.5. The summed E-state index contributed by atoms with van der Waals surface area (Å²) in [5, 5.41) is 0. The minimum Gasteiger partial charge on any atom is -0.195 e. The van der Waals surface area contributed by atoms with Gasteiger partial charge in [-0.1, -0.05) is 0 Å². The zero-order valence-corrected chi connectivity index (χ0v) is 13.1. The first-order valence-electron chi connectivity index (χ1n) is 6.47. The number of hydrogen-bond donors (Lipinski definition) is 0. The fraction of sp³-hybridized carbons (Fsp3) is 1.00. The van der Waals surface area contributed by atoms with Crippen LogP contribution < -0.4 is 0 Å². The Bertz CT molecular complexity index is 406. The van der Waals surface area contributed by atoms with Gasteiger partial charge in [0.15, 0.2) is 0 Å². The van der Waals surface area contributed by atoms with E-state index in [4.69, 9.17) is 11.6 Å². The molecule has 9 heteroatoms. The zero-order chi connectivity index (χ0) is 15.6. The van der Waals surface area contributed by atoms with Crippen molar-refractivity contribution in [1.82, 2.24) is 8.61 Å². The molecule has 0 unspecified atom stereocenters. The summed E-state index contributed by atoms with van der Waals surface area (Å²) in [5.74, 6) is 0.683. The van der Waals surface area contributed by atoms with Gasteiger partial charge in [-0.2, -0.15) is 30.2 Å². The van der Waals surface area contributed by atoms with E-state index in [2.05, 4.69) is 0 Å². The van der Waals surface area contributed by atoms with Gasteiger partial charge in [0.2, 0.25) is 0 Å². The van der Waals surface area contributed by atoms with Crippen molar-refractivity contribution >= 4 is 21.8 Å². The molecule has 0 N–H and O–H groups in total. The van der Waals surface area contributed by atoms with Gasteiger partial charge in [0.1, 0.15) is 6.54 Å². The molecule has 0 aliphatic carbocycles. The predicted molar refractivity (Wildman–Crippen MR) is 71.8 cm³/mol. The fourth-order valence-electron chi connectivity index (χ4n) is 2.15. The average Bonchev–Trinajstić information content (AvgIpc) is 2.34. The fourth-order valence-corrected chi connectivity index (χ4v) is 4.27. The summed E-state index contributed by atoms with van der Waals surface area (Å²) >= 11 is 5.72. The molecule has 0 saturated carbocycles. The molecule has 1 aliphatic heterocycles. The molecular formula is C11H20ClF3N2O2S. The number of piperidine rings is 1. The van der Waals surface area contributed by atoms with Gasteiger partial charge >= 0.3 is 6.18 Å². The van der Waals surface area contributed by atoms with E-state index in [1.54, 1.807) is 0 Å². The van der Waals surface area contributed by atoms with E-state index in [-0.39, 0.29) is 19.0 Å². The highest BCUT2D eigenvalue weighted by Gasteiger charge is 2.41. The Hall–Kier alpha value is -0.0500. The smallest absolute Gasteiger partial charge is 0.195 e. The normalized spacial score (nSPS) is 20.0. The van der Waals surface area contributed by atoms with E-state index in [1.807, 2.05) is 0 Å². The van der Waals surface area contributed by atoms with E-state index < -0.39 is 29.0 Å². The standard InChI is InChI=1S/C11H20ClF3N2O2S/c1-9(2)17(8-11(13,14)15)20(18,19)16-5-3-10(7-12)4-6-16/h9-10H,3-8H2,1-2H3. The van der Waals surface area contributed by atoms with Crippen molar-refractivity contribution in [1.29, 1.82) is 0 Å². The third kappa shape index (κ3) is 4.75. The number of halogens is 4. The molecule has 0 radical (unpaired) electrons. The lowest BCUT2D eigenvalue weighted by Gasteiger charge is -2.36. The summed E-state index contributed by atoms with van der Waals surface area (Å²) in [6.07, 6.45) is -3.38. The summed E-state index contributed by atoms with van der Waals surface area (Å²) in [4.78, 5) is 0. The quantitative estimate of drug-likeness (QED) is 0.724. The molecule has 0 aromatic carbocycles. The molecule has 1 aliphatic rings. The van der Waals surface area contributed by atoms with Crippen molar-refractivity contribution < 1.29 is 21.6 Å². The monoisotopic (exact) mass is 336 g/mol. The highest BCUT2D eigenvalue weighted by Crippen LogP contribution is 2.26. The molecule has 0 atom stereocenters. The Morgan fingerprint density at radius 1 is 1.30 bits per heavy atom. The van der Waals surface area contributed by atoms with Gasteiger partial charge in [-0.15, -0.1) is 11.6 Å². The van der Waals surface area contributed by atoms with Crippen LogP contribution in [0.2, 0.25) is 0 Å². The third-order valence-corrected chi connectivity index (χ3v) is 5.92. The topological polar surface area (TPSA) is 40.6 Å². The van der Waals surface area contributed by atoms with Crippen LogP contribution in [0.15, 0.2) is 0 Å². The molecule has 0 spiro atoms. The number of hydrogen-bond acceptors (Lipinski definition) is 2. The largest absolute Gasteiger partial charge is 0.402 e. The first-order valence-corrected chi connectivity index (χ1v) is 8.40. The molecule has 1 fully saturated rings. The van der Waals surface area contributed by atoms with E-state index in [0.29, 0.717) is 23.0 Å². The van der Waals surface area contributed by atoms with Crippen LogP contribution in [0.4, 0.5) is 13.2 Å². The lowest BCUT2D eigenvalue weighted by atomic mass is 10.0. The van der Waals surface area contributed by atoms with Crippen molar-refractivity contribution in [2.75, 3.05) is 25.5 Å². The SMILES string of the molecule is CC(C)N(CC(F)(F)F)S(=O)(=O)N1CCC(CCl)CC1. The summed E-state index contributed by atoms with van der Waals surface area (Å²) in [5.41, 5.74) is 0. The summed E-state index contributed by atoms with van der Waals surface area (Å²) in [6.45, 7) is 1.87. The average molecular weight is 337 g/mol.